The molecule has 0 aliphatic rings. The first-order chi connectivity index (χ1) is 9.21. The van der Waals surface area contributed by atoms with E-state index in [9.17, 15) is 14.9 Å². The van der Waals surface area contributed by atoms with Gasteiger partial charge >= 0.3 is 5.97 Å². The standard InChI is InChI=1S/C11H12Cl2N2O5/c1-11(14-2,10(16)17)5-20-9-7(12)3-6(15(18)19)4-8(9)13/h3-4,14H,5H2,1-2H3,(H,16,17). The Bertz CT molecular complexity index is 529. The van der Waals surface area contributed by atoms with E-state index in [0.29, 0.717) is 0 Å². The van der Waals surface area contributed by atoms with Crippen molar-refractivity contribution in [3.63, 3.8) is 0 Å². The van der Waals surface area contributed by atoms with Crippen LogP contribution in [-0.2, 0) is 4.79 Å². The fourth-order valence-electron chi connectivity index (χ4n) is 1.25. The smallest absolute Gasteiger partial charge is 0.327 e. The van der Waals surface area contributed by atoms with E-state index in [1.165, 1.54) is 14.0 Å². The highest BCUT2D eigenvalue weighted by Crippen LogP contribution is 2.37. The molecule has 1 aromatic carbocycles. The Kier molecular flexibility index (Phi) is 5.15. The van der Waals surface area contributed by atoms with Crippen molar-refractivity contribution in [2.24, 2.45) is 0 Å². The van der Waals surface area contributed by atoms with Crippen LogP contribution in [0.3, 0.4) is 0 Å². The number of nitro groups is 1. The number of nitro benzene ring substituents is 1. The lowest BCUT2D eigenvalue weighted by Gasteiger charge is -2.24. The molecule has 0 spiro atoms. The Labute approximate surface area is 124 Å². The second-order valence-corrected chi connectivity index (χ2v) is 4.99. The third-order valence-corrected chi connectivity index (χ3v) is 3.28. The van der Waals surface area contributed by atoms with E-state index < -0.39 is 16.4 Å². The zero-order valence-electron chi connectivity index (χ0n) is 10.6. The number of halogens is 2. The largest absolute Gasteiger partial charge is 0.488 e. The second kappa shape index (κ2) is 6.25. The number of aliphatic carboxylic acids is 1. The number of carbonyl (C=O) groups is 1. The predicted octanol–water partition coefficient (Wildman–Crippen LogP) is 2.34. The third kappa shape index (κ3) is 3.50. The molecule has 1 unspecified atom stereocenters. The zero-order valence-corrected chi connectivity index (χ0v) is 12.2. The summed E-state index contributed by atoms with van der Waals surface area (Å²) < 4.78 is 5.29. The van der Waals surface area contributed by atoms with Gasteiger partial charge in [-0.25, -0.2) is 0 Å². The highest BCUT2D eigenvalue weighted by atomic mass is 35.5. The van der Waals surface area contributed by atoms with Gasteiger partial charge in [-0.05, 0) is 14.0 Å². The van der Waals surface area contributed by atoms with Crippen LogP contribution in [0.4, 0.5) is 5.69 Å². The van der Waals surface area contributed by atoms with E-state index in [4.69, 9.17) is 33.0 Å². The fourth-order valence-corrected chi connectivity index (χ4v) is 1.83. The molecule has 20 heavy (non-hydrogen) atoms. The maximum Gasteiger partial charge on any atom is 0.327 e. The Morgan fingerprint density at radius 1 is 1.50 bits per heavy atom. The van der Waals surface area contributed by atoms with Crippen LogP contribution < -0.4 is 10.1 Å². The van der Waals surface area contributed by atoms with Crippen LogP contribution in [0, 0.1) is 10.1 Å². The minimum absolute atomic E-state index is 0.00154. The van der Waals surface area contributed by atoms with Gasteiger partial charge in [-0.15, -0.1) is 0 Å². The predicted molar refractivity (Wildman–Crippen MR) is 73.7 cm³/mol. The van der Waals surface area contributed by atoms with Crippen molar-refractivity contribution in [2.75, 3.05) is 13.7 Å². The van der Waals surface area contributed by atoms with Gasteiger partial charge in [-0.3, -0.25) is 14.9 Å². The number of carboxylic acids is 1. The van der Waals surface area contributed by atoms with Gasteiger partial charge in [0.2, 0.25) is 0 Å². The summed E-state index contributed by atoms with van der Waals surface area (Å²) in [5.41, 5.74) is -1.61. The molecular weight excluding hydrogens is 311 g/mol. The van der Waals surface area contributed by atoms with E-state index in [-0.39, 0.29) is 28.1 Å². The molecule has 7 nitrogen and oxygen atoms in total. The monoisotopic (exact) mass is 322 g/mol. The number of non-ortho nitro benzene ring substituents is 1. The van der Waals surface area contributed by atoms with Crippen LogP contribution in [0.1, 0.15) is 6.92 Å². The first-order valence-corrected chi connectivity index (χ1v) is 6.15. The van der Waals surface area contributed by atoms with E-state index >= 15 is 0 Å². The van der Waals surface area contributed by atoms with E-state index in [0.717, 1.165) is 12.1 Å². The Morgan fingerprint density at radius 3 is 2.35 bits per heavy atom. The maximum atomic E-state index is 11.1. The normalized spacial score (nSPS) is 13.6. The van der Waals surface area contributed by atoms with Crippen molar-refractivity contribution in [3.05, 3.63) is 32.3 Å². The van der Waals surface area contributed by atoms with Gasteiger partial charge in [-0.1, -0.05) is 23.2 Å². The Morgan fingerprint density at radius 2 is 2.00 bits per heavy atom. The minimum Gasteiger partial charge on any atom is -0.488 e. The van der Waals surface area contributed by atoms with Gasteiger partial charge in [0.25, 0.3) is 5.69 Å². The highest BCUT2D eigenvalue weighted by Gasteiger charge is 2.33. The number of hydrogen-bond acceptors (Lipinski definition) is 5. The van der Waals surface area contributed by atoms with Crippen LogP contribution in [-0.4, -0.2) is 35.2 Å². The van der Waals surface area contributed by atoms with Crippen molar-refractivity contribution >= 4 is 34.9 Å². The van der Waals surface area contributed by atoms with Gasteiger partial charge in [-0.2, -0.15) is 0 Å². The summed E-state index contributed by atoms with van der Waals surface area (Å²) in [5.74, 6) is -1.11. The van der Waals surface area contributed by atoms with Crippen LogP contribution in [0.25, 0.3) is 0 Å². The summed E-state index contributed by atoms with van der Waals surface area (Å²) in [6.07, 6.45) is 0. The summed E-state index contributed by atoms with van der Waals surface area (Å²) in [6.45, 7) is 1.17. The number of rotatable bonds is 6. The van der Waals surface area contributed by atoms with Crippen molar-refractivity contribution in [1.82, 2.24) is 5.32 Å². The van der Waals surface area contributed by atoms with Crippen molar-refractivity contribution in [1.29, 1.82) is 0 Å². The third-order valence-electron chi connectivity index (χ3n) is 2.72. The maximum absolute atomic E-state index is 11.1. The minimum atomic E-state index is -1.34. The molecule has 0 fully saturated rings. The number of likely N-dealkylation sites (N-methyl/N-ethyl adjacent to an activating group) is 1. The van der Waals surface area contributed by atoms with Crippen molar-refractivity contribution < 1.29 is 19.6 Å². The van der Waals surface area contributed by atoms with Gasteiger partial charge in [0.15, 0.2) is 5.75 Å². The zero-order chi connectivity index (χ0) is 15.5. The molecule has 0 heterocycles. The van der Waals surface area contributed by atoms with Gasteiger partial charge < -0.3 is 15.2 Å². The summed E-state index contributed by atoms with van der Waals surface area (Å²) >= 11 is 11.7. The molecule has 0 saturated heterocycles. The molecule has 9 heteroatoms. The van der Waals surface area contributed by atoms with E-state index in [2.05, 4.69) is 5.32 Å². The number of nitrogens with one attached hydrogen (secondary N) is 1. The lowest BCUT2D eigenvalue weighted by Crippen LogP contribution is -2.52. The molecule has 0 aliphatic heterocycles. The molecule has 2 N–H and O–H groups in total. The molecule has 1 rings (SSSR count). The first kappa shape index (κ1) is 16.5. The summed E-state index contributed by atoms with van der Waals surface area (Å²) in [5, 5.41) is 22.2. The SMILES string of the molecule is CNC(C)(COc1c(Cl)cc([N+](=O)[O-])cc1Cl)C(=O)O. The van der Waals surface area contributed by atoms with E-state index in [1.54, 1.807) is 0 Å². The lowest BCUT2D eigenvalue weighted by atomic mass is 10.1. The fraction of sp³-hybridized carbons (Fsp3) is 0.364. The molecule has 0 saturated carbocycles. The lowest BCUT2D eigenvalue weighted by molar-refractivity contribution is -0.384. The highest BCUT2D eigenvalue weighted by molar-refractivity contribution is 6.37. The Hall–Kier alpha value is -1.57. The van der Waals surface area contributed by atoms with Gasteiger partial charge in [0.1, 0.15) is 12.1 Å². The summed E-state index contributed by atoms with van der Waals surface area (Å²) in [7, 11) is 1.47. The number of carboxylic acid groups (broad SMARTS) is 1. The molecular formula is C11H12Cl2N2O5. The van der Waals surface area contributed by atoms with Crippen LogP contribution >= 0.6 is 23.2 Å². The van der Waals surface area contributed by atoms with Crippen LogP contribution in [0.2, 0.25) is 10.0 Å². The van der Waals surface area contributed by atoms with Crippen LogP contribution in [0.5, 0.6) is 5.75 Å². The van der Waals surface area contributed by atoms with Crippen molar-refractivity contribution in [2.45, 2.75) is 12.5 Å². The number of hydrogen-bond donors (Lipinski definition) is 2. The topological polar surface area (TPSA) is 102 Å². The molecule has 0 amide bonds. The van der Waals surface area contributed by atoms with Crippen LogP contribution in [0.15, 0.2) is 12.1 Å². The van der Waals surface area contributed by atoms with Gasteiger partial charge in [0, 0.05) is 12.1 Å². The Balaban J connectivity index is 3.00. The second-order valence-electron chi connectivity index (χ2n) is 4.17. The van der Waals surface area contributed by atoms with E-state index in [1.807, 2.05) is 0 Å². The molecule has 0 bridgehead atoms. The molecule has 110 valence electrons. The average molecular weight is 323 g/mol. The van der Waals surface area contributed by atoms with Gasteiger partial charge in [0.05, 0.1) is 15.0 Å². The first-order valence-electron chi connectivity index (χ1n) is 5.40. The molecule has 1 aromatic rings. The quantitative estimate of drug-likeness (QED) is 0.615. The number of benzene rings is 1. The summed E-state index contributed by atoms with van der Waals surface area (Å²) in [4.78, 5) is 21.1. The number of nitrogens with zero attached hydrogens (tertiary/aromatic N) is 1. The molecule has 0 radical (unpaired) electrons. The average Bonchev–Trinajstić information content (AvgIpc) is 2.36. The summed E-state index contributed by atoms with van der Waals surface area (Å²) in [6, 6.07) is 2.17. The number of ether oxygens (including phenoxy) is 1. The molecule has 0 aromatic heterocycles. The molecule has 1 atom stereocenters. The van der Waals surface area contributed by atoms with Crippen molar-refractivity contribution in [3.8, 4) is 5.75 Å². The molecule has 0 aliphatic carbocycles.